The summed E-state index contributed by atoms with van der Waals surface area (Å²) in [6.07, 6.45) is 14.3. The van der Waals surface area contributed by atoms with E-state index in [1.165, 1.54) is 0 Å². The minimum atomic E-state index is -0.911. The van der Waals surface area contributed by atoms with Crippen molar-refractivity contribution in [1.29, 1.82) is 0 Å². The van der Waals surface area contributed by atoms with Gasteiger partial charge in [0.15, 0.2) is 12.2 Å². The molecule has 0 fully saturated rings. The van der Waals surface area contributed by atoms with Crippen LogP contribution in [0.15, 0.2) is 0 Å². The second kappa shape index (κ2) is 33.8. The quantitative estimate of drug-likeness (QED) is 0.0375. The molecule has 0 aliphatic carbocycles. The Morgan fingerprint density at radius 2 is 0.830 bits per heavy atom. The fourth-order valence-electron chi connectivity index (χ4n) is 5.51. The molecule has 53 heavy (non-hydrogen) atoms. The molecule has 12 nitrogen and oxygen atoms in total. The second-order valence-electron chi connectivity index (χ2n) is 14.5. The van der Waals surface area contributed by atoms with E-state index in [0.29, 0.717) is 25.9 Å². The summed E-state index contributed by atoms with van der Waals surface area (Å²) in [4.78, 5) is 62.4. The fourth-order valence-corrected chi connectivity index (χ4v) is 5.51. The van der Waals surface area contributed by atoms with E-state index in [1.54, 1.807) is 0 Å². The van der Waals surface area contributed by atoms with Crippen LogP contribution in [-0.4, -0.2) is 86.7 Å². The highest BCUT2D eigenvalue weighted by molar-refractivity contribution is 5.73. The van der Waals surface area contributed by atoms with Crippen LogP contribution in [0.2, 0.25) is 0 Å². The van der Waals surface area contributed by atoms with Crippen molar-refractivity contribution in [2.45, 2.75) is 176 Å². The summed E-state index contributed by atoms with van der Waals surface area (Å²) >= 11 is 0. The maximum Gasteiger partial charge on any atom is 0.308 e. The number of unbranched alkanes of at least 4 members (excludes halogenated alkanes) is 9. The number of aliphatic hydroxyl groups excluding tert-OH is 1. The molecule has 0 aromatic carbocycles. The van der Waals surface area contributed by atoms with Crippen molar-refractivity contribution in [2.75, 3.05) is 39.5 Å². The Balaban J connectivity index is 4.58. The highest BCUT2D eigenvalue weighted by Crippen LogP contribution is 2.16. The molecule has 0 heterocycles. The molecule has 4 atom stereocenters. The van der Waals surface area contributed by atoms with Crippen molar-refractivity contribution >= 4 is 29.8 Å². The van der Waals surface area contributed by atoms with Crippen molar-refractivity contribution < 1.29 is 52.8 Å². The van der Waals surface area contributed by atoms with Gasteiger partial charge in [-0.3, -0.25) is 24.0 Å². The summed E-state index contributed by atoms with van der Waals surface area (Å²) in [5, 5.41) is 12.7. The van der Waals surface area contributed by atoms with Crippen LogP contribution in [0.1, 0.15) is 164 Å². The Bertz CT molecular complexity index is 942. The summed E-state index contributed by atoms with van der Waals surface area (Å²) in [5.74, 6) is -2.87. The highest BCUT2D eigenvalue weighted by atomic mass is 16.6. The molecule has 0 aliphatic rings. The van der Waals surface area contributed by atoms with Crippen molar-refractivity contribution in [1.82, 2.24) is 5.32 Å². The van der Waals surface area contributed by atoms with E-state index in [9.17, 15) is 29.1 Å². The molecule has 0 spiro atoms. The molecule has 0 aliphatic heterocycles. The van der Waals surface area contributed by atoms with Gasteiger partial charge in [0.2, 0.25) is 0 Å². The van der Waals surface area contributed by atoms with Gasteiger partial charge < -0.3 is 34.1 Å². The van der Waals surface area contributed by atoms with E-state index in [4.69, 9.17) is 23.7 Å². The first-order valence-corrected chi connectivity index (χ1v) is 20.7. The monoisotopic (exact) mass is 758 g/mol. The summed E-state index contributed by atoms with van der Waals surface area (Å²) in [7, 11) is 0. The first kappa shape index (κ1) is 50.3. The molecular weight excluding hydrogens is 682 g/mol. The number of carbonyl (C=O) groups excluding carboxylic acids is 5. The zero-order chi connectivity index (χ0) is 39.7. The molecule has 0 amide bonds. The Morgan fingerprint density at radius 1 is 0.491 bits per heavy atom. The third-order valence-corrected chi connectivity index (χ3v) is 9.18. The van der Waals surface area contributed by atoms with Crippen LogP contribution < -0.4 is 5.32 Å². The van der Waals surface area contributed by atoms with Crippen LogP contribution in [0.4, 0.5) is 0 Å². The van der Waals surface area contributed by atoms with Crippen molar-refractivity contribution in [3.8, 4) is 0 Å². The molecule has 310 valence electrons. The topological polar surface area (TPSA) is 164 Å². The number of hydrogen-bond donors (Lipinski definition) is 2. The molecule has 4 unspecified atom stereocenters. The molecule has 0 saturated carbocycles. The molecule has 0 bridgehead atoms. The zero-order valence-electron chi connectivity index (χ0n) is 34.1. The Kier molecular flexibility index (Phi) is 32.1. The number of hydrogen-bond acceptors (Lipinski definition) is 12. The lowest BCUT2D eigenvalue weighted by Gasteiger charge is -2.20. The standard InChI is InChI=1S/C41H75NO11/c1-7-10-13-16-21-32(4)39(46)49-29-35(28-43)52-37(44)24-19-26-42-27-20-25-38(45)53-36(30-50-40(47)33(5)22-17-14-11-8-2)31-51-41(48)34(6)23-18-15-12-9-3/h32-36,42-43H,7-31H2,1-6H3. The smallest absolute Gasteiger partial charge is 0.308 e. The number of rotatable bonds is 35. The van der Waals surface area contributed by atoms with Crippen LogP contribution in [-0.2, 0) is 47.7 Å². The first-order valence-electron chi connectivity index (χ1n) is 20.7. The van der Waals surface area contributed by atoms with Crippen LogP contribution >= 0.6 is 0 Å². The summed E-state index contributed by atoms with van der Waals surface area (Å²) < 4.78 is 27.1. The average Bonchev–Trinajstić information content (AvgIpc) is 3.15. The largest absolute Gasteiger partial charge is 0.461 e. The molecule has 12 heteroatoms. The average molecular weight is 758 g/mol. The first-order chi connectivity index (χ1) is 25.5. The molecule has 0 aromatic rings. The van der Waals surface area contributed by atoms with E-state index >= 15 is 0 Å². The Labute approximate surface area is 320 Å². The lowest BCUT2D eigenvalue weighted by Crippen LogP contribution is -2.33. The van der Waals surface area contributed by atoms with Gasteiger partial charge in [0, 0.05) is 12.8 Å². The number of nitrogens with one attached hydrogen (secondary N) is 1. The van der Waals surface area contributed by atoms with Crippen molar-refractivity contribution in [3.63, 3.8) is 0 Å². The van der Waals surface area contributed by atoms with Crippen LogP contribution in [0.5, 0.6) is 0 Å². The maximum absolute atomic E-state index is 12.7. The molecule has 2 N–H and O–H groups in total. The maximum atomic E-state index is 12.7. The zero-order valence-corrected chi connectivity index (χ0v) is 34.1. The Hall–Kier alpha value is -2.73. The van der Waals surface area contributed by atoms with Crippen molar-refractivity contribution in [3.05, 3.63) is 0 Å². The van der Waals surface area contributed by atoms with Gasteiger partial charge in [-0.25, -0.2) is 0 Å². The van der Waals surface area contributed by atoms with Gasteiger partial charge in [0.05, 0.1) is 24.4 Å². The second-order valence-corrected chi connectivity index (χ2v) is 14.5. The summed E-state index contributed by atoms with van der Waals surface area (Å²) in [6, 6.07) is 0. The van der Waals surface area contributed by atoms with Gasteiger partial charge in [-0.15, -0.1) is 0 Å². The highest BCUT2D eigenvalue weighted by Gasteiger charge is 2.24. The fraction of sp³-hybridized carbons (Fsp3) is 0.878. The van der Waals surface area contributed by atoms with E-state index < -0.39 is 30.8 Å². The van der Waals surface area contributed by atoms with Gasteiger partial charge in [0.1, 0.15) is 19.8 Å². The third-order valence-electron chi connectivity index (χ3n) is 9.18. The molecule has 0 rings (SSSR count). The lowest BCUT2D eigenvalue weighted by molar-refractivity contribution is -0.169. The van der Waals surface area contributed by atoms with Gasteiger partial charge >= 0.3 is 29.8 Å². The van der Waals surface area contributed by atoms with E-state index in [-0.39, 0.29) is 68.3 Å². The molecule has 0 saturated heterocycles. The van der Waals surface area contributed by atoms with E-state index in [1.807, 2.05) is 20.8 Å². The van der Waals surface area contributed by atoms with Crippen LogP contribution in [0, 0.1) is 17.8 Å². The minimum Gasteiger partial charge on any atom is -0.461 e. The summed E-state index contributed by atoms with van der Waals surface area (Å²) in [6.45, 7) is 11.9. The van der Waals surface area contributed by atoms with Gasteiger partial charge in [0.25, 0.3) is 0 Å². The van der Waals surface area contributed by atoms with Crippen molar-refractivity contribution in [2.24, 2.45) is 17.8 Å². The third kappa shape index (κ3) is 28.4. The van der Waals surface area contributed by atoms with Gasteiger partial charge in [-0.2, -0.15) is 0 Å². The molecule has 0 aromatic heterocycles. The Morgan fingerprint density at radius 3 is 1.17 bits per heavy atom. The van der Waals surface area contributed by atoms with Crippen LogP contribution in [0.3, 0.4) is 0 Å². The number of carbonyl (C=O) groups is 5. The predicted molar refractivity (Wildman–Crippen MR) is 205 cm³/mol. The van der Waals surface area contributed by atoms with Gasteiger partial charge in [-0.1, -0.05) is 119 Å². The number of esters is 5. The molecular formula is C41H75NO11. The number of aliphatic hydroxyl groups is 1. The minimum absolute atomic E-state index is 0.101. The SMILES string of the molecule is CCCCCCC(C)C(=O)OCC(CO)OC(=O)CCCNCCCC(=O)OC(COC(=O)C(C)CCCCCC)COC(=O)C(C)CCCCCC. The number of ether oxygens (including phenoxy) is 5. The predicted octanol–water partition coefficient (Wildman–Crippen LogP) is 7.40. The van der Waals surface area contributed by atoms with Crippen LogP contribution in [0.25, 0.3) is 0 Å². The van der Waals surface area contributed by atoms with E-state index in [0.717, 1.165) is 96.3 Å². The normalized spacial score (nSPS) is 14.0. The lowest BCUT2D eigenvalue weighted by atomic mass is 10.0. The van der Waals surface area contributed by atoms with E-state index in [2.05, 4.69) is 26.1 Å². The summed E-state index contributed by atoms with van der Waals surface area (Å²) in [5.41, 5.74) is 0. The molecule has 0 radical (unpaired) electrons. The van der Waals surface area contributed by atoms with Gasteiger partial charge in [-0.05, 0) is 45.2 Å².